The molecule has 6 nitrogen and oxygen atoms in total. The van der Waals surface area contributed by atoms with E-state index in [0.717, 1.165) is 35.8 Å². The molecule has 0 saturated carbocycles. The summed E-state index contributed by atoms with van der Waals surface area (Å²) in [5.74, 6) is 0. The van der Waals surface area contributed by atoms with Crippen molar-refractivity contribution in [2.24, 2.45) is 0 Å². The number of benzene rings is 2. The van der Waals surface area contributed by atoms with Gasteiger partial charge >= 0.3 is 0 Å². The number of hydrogen-bond donors (Lipinski definition) is 2. The van der Waals surface area contributed by atoms with Gasteiger partial charge in [0.05, 0.1) is 0 Å². The highest BCUT2D eigenvalue weighted by Crippen LogP contribution is 2.30. The number of sulfonamides is 1. The zero-order chi connectivity index (χ0) is 18.6. The molecule has 0 bridgehead atoms. The van der Waals surface area contributed by atoms with E-state index in [4.69, 9.17) is 4.42 Å². The van der Waals surface area contributed by atoms with Crippen LogP contribution in [0, 0.1) is 0 Å². The van der Waals surface area contributed by atoms with Gasteiger partial charge in [0.1, 0.15) is 5.58 Å². The third kappa shape index (κ3) is 2.79. The van der Waals surface area contributed by atoms with Gasteiger partial charge in [-0.25, -0.2) is 0 Å². The quantitative estimate of drug-likeness (QED) is 0.567. The lowest BCUT2D eigenvalue weighted by Gasteiger charge is -2.22. The fraction of sp³-hybridized carbons (Fsp3) is 0.200. The Kier molecular flexibility index (Phi) is 3.57. The van der Waals surface area contributed by atoms with Crippen LogP contribution in [0.3, 0.4) is 0 Å². The Bertz CT molecular complexity index is 1240. The first kappa shape index (κ1) is 16.4. The van der Waals surface area contributed by atoms with Crippen LogP contribution in [-0.2, 0) is 23.0 Å². The van der Waals surface area contributed by atoms with Gasteiger partial charge in [0.25, 0.3) is 10.0 Å². The van der Waals surface area contributed by atoms with Crippen molar-refractivity contribution in [1.82, 2.24) is 9.88 Å². The van der Waals surface area contributed by atoms with Crippen molar-refractivity contribution in [2.45, 2.75) is 18.1 Å². The molecule has 5 rings (SSSR count). The molecule has 4 aromatic rings. The summed E-state index contributed by atoms with van der Waals surface area (Å²) in [7, 11) is -1.69. The van der Waals surface area contributed by atoms with Crippen molar-refractivity contribution in [2.75, 3.05) is 18.3 Å². The number of fused-ring (bicyclic) bond motifs is 4. The van der Waals surface area contributed by atoms with Gasteiger partial charge in [-0.2, -0.15) is 8.42 Å². The highest BCUT2D eigenvalue weighted by molar-refractivity contribution is 7.92. The van der Waals surface area contributed by atoms with Crippen LogP contribution in [-0.4, -0.2) is 31.9 Å². The molecule has 2 aromatic heterocycles. The Morgan fingerprint density at radius 3 is 2.85 bits per heavy atom. The van der Waals surface area contributed by atoms with E-state index in [1.165, 1.54) is 11.3 Å². The fourth-order valence-corrected chi connectivity index (χ4v) is 4.75. The van der Waals surface area contributed by atoms with Gasteiger partial charge in [-0.1, -0.05) is 18.2 Å². The molecule has 0 spiro atoms. The maximum atomic E-state index is 12.8. The molecule has 7 heteroatoms. The number of H-pyrrole nitrogens is 1. The number of rotatable bonds is 3. The second-order valence-electron chi connectivity index (χ2n) is 7.04. The first-order valence-corrected chi connectivity index (χ1v) is 10.3. The number of aromatic amines is 1. The van der Waals surface area contributed by atoms with Gasteiger partial charge in [0.2, 0.25) is 5.09 Å². The lowest BCUT2D eigenvalue weighted by atomic mass is 10.0. The summed E-state index contributed by atoms with van der Waals surface area (Å²) in [5.41, 5.74) is 4.59. The molecule has 0 saturated heterocycles. The van der Waals surface area contributed by atoms with E-state index >= 15 is 0 Å². The molecule has 2 N–H and O–H groups in total. The van der Waals surface area contributed by atoms with Crippen molar-refractivity contribution in [3.8, 4) is 0 Å². The first-order chi connectivity index (χ1) is 13.0. The van der Waals surface area contributed by atoms with Gasteiger partial charge in [0, 0.05) is 46.8 Å². The van der Waals surface area contributed by atoms with Crippen LogP contribution in [0.25, 0.3) is 21.9 Å². The minimum absolute atomic E-state index is 0.0819. The molecule has 0 atom stereocenters. The van der Waals surface area contributed by atoms with Crippen molar-refractivity contribution < 1.29 is 12.8 Å². The fourth-order valence-electron chi connectivity index (χ4n) is 3.73. The summed E-state index contributed by atoms with van der Waals surface area (Å²) in [6.45, 7) is 1.87. The van der Waals surface area contributed by atoms with E-state index < -0.39 is 10.0 Å². The Hall–Kier alpha value is -2.77. The molecule has 1 aliphatic rings. The van der Waals surface area contributed by atoms with Crippen LogP contribution in [0.1, 0.15) is 11.3 Å². The number of nitrogens with one attached hydrogen (secondary N) is 2. The van der Waals surface area contributed by atoms with Crippen molar-refractivity contribution in [3.05, 3.63) is 59.8 Å². The van der Waals surface area contributed by atoms with Crippen molar-refractivity contribution >= 4 is 37.6 Å². The van der Waals surface area contributed by atoms with Gasteiger partial charge in [-0.15, -0.1) is 0 Å². The maximum absolute atomic E-state index is 12.8. The van der Waals surface area contributed by atoms with Crippen LogP contribution in [0.4, 0.5) is 5.69 Å². The molecule has 138 valence electrons. The molecule has 3 heterocycles. The van der Waals surface area contributed by atoms with E-state index in [2.05, 4.69) is 21.7 Å². The number of furan rings is 1. The molecule has 2 aromatic carbocycles. The summed E-state index contributed by atoms with van der Waals surface area (Å²) in [5, 5.41) is 1.75. The molecule has 27 heavy (non-hydrogen) atoms. The molecule has 0 fully saturated rings. The third-order valence-electron chi connectivity index (χ3n) is 5.09. The number of anilines is 1. The molecule has 0 aliphatic carbocycles. The molecular weight excluding hydrogens is 362 g/mol. The SMILES string of the molecule is CN1CCc2c([nH]c3ccc(NS(=O)(=O)c4cc5ccccc5o4)cc23)C1. The van der Waals surface area contributed by atoms with Gasteiger partial charge in [-0.3, -0.25) is 4.72 Å². The van der Waals surface area contributed by atoms with Gasteiger partial charge in [-0.05, 0) is 43.3 Å². The Balaban J connectivity index is 1.51. The standard InChI is InChI=1S/C20H19N3O3S/c1-23-9-8-15-16-11-14(6-7-17(16)21-18(15)12-23)22-27(24,25)20-10-13-4-2-3-5-19(13)26-20/h2-7,10-11,21-22H,8-9,12H2,1H3. The molecule has 0 unspecified atom stereocenters. The minimum atomic E-state index is -3.79. The monoisotopic (exact) mass is 381 g/mol. The van der Waals surface area contributed by atoms with Gasteiger partial charge < -0.3 is 14.3 Å². The van der Waals surface area contributed by atoms with E-state index in [1.807, 2.05) is 30.3 Å². The number of para-hydroxylation sites is 1. The number of likely N-dealkylation sites (N-methyl/N-ethyl adjacent to an activating group) is 1. The zero-order valence-corrected chi connectivity index (χ0v) is 15.6. The summed E-state index contributed by atoms with van der Waals surface area (Å²) in [4.78, 5) is 5.72. The summed E-state index contributed by atoms with van der Waals surface area (Å²) < 4.78 is 33.7. The van der Waals surface area contributed by atoms with E-state index in [9.17, 15) is 8.42 Å². The number of aromatic nitrogens is 1. The molecule has 1 aliphatic heterocycles. The predicted molar refractivity (Wildman–Crippen MR) is 105 cm³/mol. The third-order valence-corrected chi connectivity index (χ3v) is 6.32. The predicted octanol–water partition coefficient (Wildman–Crippen LogP) is 3.70. The highest BCUT2D eigenvalue weighted by Gasteiger charge is 2.22. The molecule has 0 amide bonds. The average molecular weight is 381 g/mol. The zero-order valence-electron chi connectivity index (χ0n) is 14.8. The van der Waals surface area contributed by atoms with Crippen LogP contribution >= 0.6 is 0 Å². The normalized spacial score (nSPS) is 15.3. The average Bonchev–Trinajstić information content (AvgIpc) is 3.22. The second-order valence-corrected chi connectivity index (χ2v) is 8.65. The topological polar surface area (TPSA) is 78.3 Å². The maximum Gasteiger partial charge on any atom is 0.295 e. The highest BCUT2D eigenvalue weighted by atomic mass is 32.2. The van der Waals surface area contributed by atoms with E-state index in [-0.39, 0.29) is 5.09 Å². The minimum Gasteiger partial charge on any atom is -0.443 e. The summed E-state index contributed by atoms with van der Waals surface area (Å²) >= 11 is 0. The Morgan fingerprint density at radius 2 is 2.00 bits per heavy atom. The Labute approximate surface area is 156 Å². The number of nitrogens with zero attached hydrogens (tertiary/aromatic N) is 1. The molecular formula is C20H19N3O3S. The Morgan fingerprint density at radius 1 is 1.15 bits per heavy atom. The summed E-state index contributed by atoms with van der Waals surface area (Å²) in [6.07, 6.45) is 0.950. The smallest absolute Gasteiger partial charge is 0.295 e. The second kappa shape index (κ2) is 5.87. The van der Waals surface area contributed by atoms with Crippen LogP contribution in [0.2, 0.25) is 0 Å². The van der Waals surface area contributed by atoms with Crippen LogP contribution < -0.4 is 4.72 Å². The summed E-state index contributed by atoms with van der Waals surface area (Å²) in [6, 6.07) is 14.4. The number of hydrogen-bond acceptors (Lipinski definition) is 4. The van der Waals surface area contributed by atoms with Crippen molar-refractivity contribution in [1.29, 1.82) is 0 Å². The molecule has 0 radical (unpaired) electrons. The van der Waals surface area contributed by atoms with E-state index in [1.54, 1.807) is 18.2 Å². The van der Waals surface area contributed by atoms with E-state index in [0.29, 0.717) is 11.3 Å². The lowest BCUT2D eigenvalue weighted by molar-refractivity contribution is 0.310. The van der Waals surface area contributed by atoms with Crippen molar-refractivity contribution in [3.63, 3.8) is 0 Å². The van der Waals surface area contributed by atoms with Crippen LogP contribution in [0.5, 0.6) is 0 Å². The van der Waals surface area contributed by atoms with Gasteiger partial charge in [0.15, 0.2) is 0 Å². The largest absolute Gasteiger partial charge is 0.443 e. The first-order valence-electron chi connectivity index (χ1n) is 8.83. The lowest BCUT2D eigenvalue weighted by Crippen LogP contribution is -2.26. The van der Waals surface area contributed by atoms with Crippen LogP contribution in [0.15, 0.2) is 58.0 Å².